The molecular formula is C47H27NO. The van der Waals surface area contributed by atoms with E-state index in [-0.39, 0.29) is 0 Å². The Labute approximate surface area is 283 Å². The summed E-state index contributed by atoms with van der Waals surface area (Å²) in [6, 6.07) is 60.6. The Kier molecular flexibility index (Phi) is 5.97. The lowest BCUT2D eigenvalue weighted by atomic mass is 9.87. The van der Waals surface area contributed by atoms with Crippen LogP contribution in [0.25, 0.3) is 87.6 Å². The highest BCUT2D eigenvalue weighted by molar-refractivity contribution is 6.24. The minimum Gasteiger partial charge on any atom is -0.456 e. The number of nitrogens with zero attached hydrogens (tertiary/aromatic N) is 1. The van der Waals surface area contributed by atoms with E-state index in [0.717, 1.165) is 44.5 Å². The molecule has 0 unspecified atom stereocenters. The lowest BCUT2D eigenvalue weighted by Gasteiger charge is -2.22. The van der Waals surface area contributed by atoms with Crippen molar-refractivity contribution < 1.29 is 4.74 Å². The summed E-state index contributed by atoms with van der Waals surface area (Å²) >= 11 is 0. The lowest BCUT2D eigenvalue weighted by molar-refractivity contribution is 0.487. The first-order valence-electron chi connectivity index (χ1n) is 16.6. The van der Waals surface area contributed by atoms with E-state index >= 15 is 0 Å². The van der Waals surface area contributed by atoms with E-state index in [9.17, 15) is 5.26 Å². The summed E-state index contributed by atoms with van der Waals surface area (Å²) < 4.78 is 6.35. The van der Waals surface area contributed by atoms with Crippen molar-refractivity contribution >= 4 is 43.1 Å². The average Bonchev–Trinajstić information content (AvgIpc) is 3.17. The summed E-state index contributed by atoms with van der Waals surface area (Å²) in [5.41, 5.74) is 9.95. The maximum atomic E-state index is 9.43. The van der Waals surface area contributed by atoms with Crippen molar-refractivity contribution in [1.29, 1.82) is 5.26 Å². The Balaban J connectivity index is 1.13. The second kappa shape index (κ2) is 10.7. The predicted octanol–water partition coefficient (Wildman–Crippen LogP) is 12.9. The number of benzene rings is 9. The predicted molar refractivity (Wildman–Crippen MR) is 203 cm³/mol. The minimum atomic E-state index is 0.593. The Hall–Kier alpha value is -6.69. The molecule has 0 N–H and O–H groups in total. The Morgan fingerprint density at radius 1 is 0.347 bits per heavy atom. The van der Waals surface area contributed by atoms with Crippen molar-refractivity contribution in [2.24, 2.45) is 0 Å². The highest BCUT2D eigenvalue weighted by atomic mass is 16.5. The maximum absolute atomic E-state index is 9.43. The van der Waals surface area contributed by atoms with Gasteiger partial charge in [0.2, 0.25) is 0 Å². The molecule has 2 nitrogen and oxygen atoms in total. The van der Waals surface area contributed by atoms with E-state index in [2.05, 4.69) is 140 Å². The Morgan fingerprint density at radius 3 is 1.53 bits per heavy atom. The first kappa shape index (κ1) is 27.4. The lowest BCUT2D eigenvalue weighted by Crippen LogP contribution is -1.98. The topological polar surface area (TPSA) is 33.0 Å². The van der Waals surface area contributed by atoms with Crippen LogP contribution in [0.15, 0.2) is 164 Å². The van der Waals surface area contributed by atoms with Gasteiger partial charge in [0.25, 0.3) is 0 Å². The van der Waals surface area contributed by atoms with E-state index in [1.54, 1.807) is 0 Å². The van der Waals surface area contributed by atoms with E-state index in [4.69, 9.17) is 4.74 Å². The Bertz CT molecular complexity index is 2840. The maximum Gasteiger partial charge on any atom is 0.136 e. The minimum absolute atomic E-state index is 0.593. The summed E-state index contributed by atoms with van der Waals surface area (Å²) in [5, 5.41) is 19.2. The third-order valence-corrected chi connectivity index (χ3v) is 10.1. The standard InChI is InChI=1S/C47H27NO/c48-28-29-17-22-38-40-24-23-33(39-15-8-16-45(47(39)40)49-46(38)25-29)31-18-20-32(21-19-31)42-27-44-36-13-6-4-11-34(36)41(30-9-2-1-3-10-30)26-43(44)37-14-7-5-12-35(37)42/h1-27H. The molecule has 1 heterocycles. The second-order valence-corrected chi connectivity index (χ2v) is 12.7. The molecule has 1 aliphatic heterocycles. The van der Waals surface area contributed by atoms with Crippen LogP contribution in [0.3, 0.4) is 0 Å². The zero-order chi connectivity index (χ0) is 32.5. The molecular weight excluding hydrogens is 595 g/mol. The molecule has 0 saturated carbocycles. The van der Waals surface area contributed by atoms with Crippen LogP contribution in [-0.2, 0) is 0 Å². The van der Waals surface area contributed by atoms with E-state index < -0.39 is 0 Å². The van der Waals surface area contributed by atoms with Gasteiger partial charge in [-0.2, -0.15) is 5.26 Å². The second-order valence-electron chi connectivity index (χ2n) is 12.7. The molecule has 49 heavy (non-hydrogen) atoms. The van der Waals surface area contributed by atoms with Crippen LogP contribution in [0.4, 0.5) is 0 Å². The van der Waals surface area contributed by atoms with Gasteiger partial charge >= 0.3 is 0 Å². The van der Waals surface area contributed by atoms with Crippen molar-refractivity contribution in [3.8, 4) is 62.1 Å². The number of hydrogen-bond acceptors (Lipinski definition) is 2. The fourth-order valence-electron chi connectivity index (χ4n) is 7.83. The van der Waals surface area contributed by atoms with Crippen LogP contribution >= 0.6 is 0 Å². The van der Waals surface area contributed by atoms with Crippen molar-refractivity contribution in [3.05, 3.63) is 169 Å². The van der Waals surface area contributed by atoms with Crippen LogP contribution < -0.4 is 4.74 Å². The molecule has 0 aliphatic carbocycles. The van der Waals surface area contributed by atoms with Crippen LogP contribution in [-0.4, -0.2) is 0 Å². The van der Waals surface area contributed by atoms with Crippen LogP contribution in [0.5, 0.6) is 11.5 Å². The van der Waals surface area contributed by atoms with Gasteiger partial charge in [0.15, 0.2) is 0 Å². The Morgan fingerprint density at radius 2 is 0.878 bits per heavy atom. The molecule has 0 spiro atoms. The van der Waals surface area contributed by atoms with Crippen LogP contribution in [0.2, 0.25) is 0 Å². The monoisotopic (exact) mass is 621 g/mol. The normalized spacial score (nSPS) is 11.8. The van der Waals surface area contributed by atoms with Gasteiger partial charge in [-0.15, -0.1) is 0 Å². The van der Waals surface area contributed by atoms with E-state index in [1.165, 1.54) is 54.6 Å². The van der Waals surface area contributed by atoms with Gasteiger partial charge in [0.1, 0.15) is 11.5 Å². The fraction of sp³-hybridized carbons (Fsp3) is 0. The van der Waals surface area contributed by atoms with Gasteiger partial charge in [0.05, 0.1) is 11.6 Å². The molecule has 226 valence electrons. The molecule has 0 radical (unpaired) electrons. The molecule has 9 aromatic rings. The largest absolute Gasteiger partial charge is 0.456 e. The van der Waals surface area contributed by atoms with Crippen molar-refractivity contribution in [1.82, 2.24) is 0 Å². The van der Waals surface area contributed by atoms with Crippen LogP contribution in [0, 0.1) is 11.3 Å². The average molecular weight is 622 g/mol. The number of ether oxygens (including phenoxy) is 1. The summed E-state index contributed by atoms with van der Waals surface area (Å²) in [5.74, 6) is 1.54. The van der Waals surface area contributed by atoms with Gasteiger partial charge < -0.3 is 4.74 Å². The molecule has 1 aliphatic rings. The number of nitriles is 1. The molecule has 0 saturated heterocycles. The molecule has 0 bridgehead atoms. The highest BCUT2D eigenvalue weighted by Gasteiger charge is 2.22. The smallest absolute Gasteiger partial charge is 0.136 e. The molecule has 9 aromatic carbocycles. The van der Waals surface area contributed by atoms with Gasteiger partial charge in [-0.3, -0.25) is 0 Å². The number of fused-ring (bicyclic) bond motifs is 7. The third kappa shape index (κ3) is 4.20. The molecule has 0 atom stereocenters. The van der Waals surface area contributed by atoms with E-state index in [1.807, 2.05) is 30.3 Å². The van der Waals surface area contributed by atoms with Gasteiger partial charge in [0, 0.05) is 10.9 Å². The zero-order valence-electron chi connectivity index (χ0n) is 26.4. The molecule has 2 heteroatoms. The summed E-state index contributed by atoms with van der Waals surface area (Å²) in [6.07, 6.45) is 0. The molecule has 10 rings (SSSR count). The van der Waals surface area contributed by atoms with Gasteiger partial charge in [-0.1, -0.05) is 127 Å². The highest BCUT2D eigenvalue weighted by Crippen LogP contribution is 2.49. The number of hydrogen-bond donors (Lipinski definition) is 0. The fourth-order valence-corrected chi connectivity index (χ4v) is 7.83. The number of rotatable bonds is 3. The summed E-state index contributed by atoms with van der Waals surface area (Å²) in [4.78, 5) is 0. The summed E-state index contributed by atoms with van der Waals surface area (Å²) in [7, 11) is 0. The summed E-state index contributed by atoms with van der Waals surface area (Å²) in [6.45, 7) is 0. The van der Waals surface area contributed by atoms with Crippen molar-refractivity contribution in [2.75, 3.05) is 0 Å². The van der Waals surface area contributed by atoms with Gasteiger partial charge in [-0.05, 0) is 113 Å². The van der Waals surface area contributed by atoms with Crippen LogP contribution in [0.1, 0.15) is 5.56 Å². The first-order valence-corrected chi connectivity index (χ1v) is 16.6. The SMILES string of the molecule is N#Cc1ccc2c(c1)Oc1cccc3c(-c4ccc(-c5cc6c7ccccc7c(-c7ccccc7)cc6c6ccccc56)cc4)ccc-2c13. The molecule has 0 aromatic heterocycles. The van der Waals surface area contributed by atoms with Crippen molar-refractivity contribution in [3.63, 3.8) is 0 Å². The zero-order valence-corrected chi connectivity index (χ0v) is 26.4. The third-order valence-electron chi connectivity index (χ3n) is 10.1. The molecule has 0 amide bonds. The van der Waals surface area contributed by atoms with Gasteiger partial charge in [-0.25, -0.2) is 0 Å². The van der Waals surface area contributed by atoms with E-state index in [0.29, 0.717) is 5.56 Å². The molecule has 0 fully saturated rings. The quantitative estimate of drug-likeness (QED) is 0.184. The van der Waals surface area contributed by atoms with Crippen molar-refractivity contribution in [2.45, 2.75) is 0 Å². The first-order chi connectivity index (χ1) is 24.2.